The number of hydrogen-bond donors (Lipinski definition) is 2. The number of fused-ring (bicyclic) bond motifs is 1. The number of halogens is 3. The molecule has 1 aliphatic heterocycles. The predicted molar refractivity (Wildman–Crippen MR) is 156 cm³/mol. The highest BCUT2D eigenvalue weighted by Crippen LogP contribution is 2.36. The molecular formula is C31H27F3N8O2. The van der Waals surface area contributed by atoms with Crippen molar-refractivity contribution in [2.24, 2.45) is 5.92 Å². The van der Waals surface area contributed by atoms with E-state index in [4.69, 9.17) is 10.8 Å². The first-order chi connectivity index (χ1) is 21.1. The Morgan fingerprint density at radius 3 is 2.30 bits per heavy atom. The number of rotatable bonds is 6. The Labute approximate surface area is 250 Å². The average Bonchev–Trinajstić information content (AvgIpc) is 3.77. The lowest BCUT2D eigenvalue weighted by atomic mass is 10.0. The van der Waals surface area contributed by atoms with Crippen LogP contribution in [0.2, 0.25) is 0 Å². The third-order valence-electron chi connectivity index (χ3n) is 7.88. The number of hydrogen-bond acceptors (Lipinski definition) is 7. The molecule has 6 rings (SSSR count). The number of nitrogens with one attached hydrogen (secondary N) is 1. The number of nitrogens with two attached hydrogens (primary N) is 1. The van der Waals surface area contributed by atoms with Crippen molar-refractivity contribution >= 4 is 34.4 Å². The molecule has 2 amide bonds. The van der Waals surface area contributed by atoms with Crippen molar-refractivity contribution in [1.29, 1.82) is 5.26 Å². The van der Waals surface area contributed by atoms with Crippen LogP contribution in [-0.2, 0) is 11.0 Å². The van der Waals surface area contributed by atoms with E-state index in [1.54, 1.807) is 35.2 Å². The Morgan fingerprint density at radius 1 is 1.00 bits per heavy atom. The van der Waals surface area contributed by atoms with Crippen molar-refractivity contribution < 1.29 is 22.8 Å². The Kier molecular flexibility index (Phi) is 7.50. The molecule has 13 heteroatoms. The van der Waals surface area contributed by atoms with Crippen LogP contribution in [0.25, 0.3) is 22.3 Å². The number of nitrogens with zero attached hydrogens (tertiary/aromatic N) is 6. The van der Waals surface area contributed by atoms with Gasteiger partial charge in [0.15, 0.2) is 5.65 Å². The monoisotopic (exact) mass is 600 g/mol. The molecule has 0 bridgehead atoms. The number of nitrogen functional groups attached to an aromatic ring is 1. The first kappa shape index (κ1) is 28.9. The van der Waals surface area contributed by atoms with E-state index in [9.17, 15) is 28.0 Å². The molecule has 1 aliphatic carbocycles. The molecule has 3 N–H and O–H groups in total. The Morgan fingerprint density at radius 2 is 1.68 bits per heavy atom. The van der Waals surface area contributed by atoms with Crippen LogP contribution in [0.15, 0.2) is 66.5 Å². The quantitative estimate of drug-likeness (QED) is 0.224. The molecular weight excluding hydrogens is 573 g/mol. The van der Waals surface area contributed by atoms with Crippen molar-refractivity contribution in [1.82, 2.24) is 24.6 Å². The molecule has 2 aliphatic rings. The van der Waals surface area contributed by atoms with E-state index < -0.39 is 17.6 Å². The van der Waals surface area contributed by atoms with E-state index in [1.807, 2.05) is 4.68 Å². The summed E-state index contributed by atoms with van der Waals surface area (Å²) in [6, 6.07) is 12.8. The lowest BCUT2D eigenvalue weighted by Crippen LogP contribution is -2.39. The number of likely N-dealkylation sites (tertiary alicyclic amines) is 1. The third-order valence-corrected chi connectivity index (χ3v) is 7.88. The summed E-state index contributed by atoms with van der Waals surface area (Å²) in [5.41, 5.74) is 7.98. The Balaban J connectivity index is 1.19. The van der Waals surface area contributed by atoms with Crippen LogP contribution in [0.4, 0.5) is 24.7 Å². The van der Waals surface area contributed by atoms with Crippen molar-refractivity contribution in [3.05, 3.63) is 77.6 Å². The van der Waals surface area contributed by atoms with Gasteiger partial charge in [0.2, 0.25) is 0 Å². The summed E-state index contributed by atoms with van der Waals surface area (Å²) in [6.07, 6.45) is 1.93. The highest BCUT2D eigenvalue weighted by molar-refractivity contribution is 6.04. The molecule has 0 spiro atoms. The Bertz CT molecular complexity index is 1800. The molecule has 1 saturated heterocycles. The van der Waals surface area contributed by atoms with Crippen molar-refractivity contribution in [2.75, 3.05) is 24.1 Å². The van der Waals surface area contributed by atoms with Gasteiger partial charge in [-0.15, -0.1) is 0 Å². The van der Waals surface area contributed by atoms with Crippen LogP contribution in [-0.4, -0.2) is 49.6 Å². The van der Waals surface area contributed by atoms with E-state index in [-0.39, 0.29) is 28.9 Å². The van der Waals surface area contributed by atoms with Gasteiger partial charge in [0.1, 0.15) is 29.5 Å². The first-order valence-corrected chi connectivity index (χ1v) is 14.1. The van der Waals surface area contributed by atoms with Crippen LogP contribution in [0.3, 0.4) is 0 Å². The average molecular weight is 601 g/mol. The van der Waals surface area contributed by atoms with Crippen molar-refractivity contribution in [3.63, 3.8) is 0 Å². The maximum atomic E-state index is 12.9. The zero-order valence-corrected chi connectivity index (χ0v) is 23.4. The van der Waals surface area contributed by atoms with Gasteiger partial charge in [0.05, 0.1) is 17.0 Å². The van der Waals surface area contributed by atoms with Gasteiger partial charge < -0.3 is 16.0 Å². The van der Waals surface area contributed by atoms with Crippen LogP contribution in [0, 0.1) is 17.2 Å². The summed E-state index contributed by atoms with van der Waals surface area (Å²) < 4.78 is 40.4. The lowest BCUT2D eigenvalue weighted by Gasteiger charge is -2.32. The highest BCUT2D eigenvalue weighted by atomic mass is 19.4. The molecule has 0 unspecified atom stereocenters. The number of benzene rings is 2. The van der Waals surface area contributed by atoms with Crippen LogP contribution in [0.1, 0.15) is 47.6 Å². The maximum absolute atomic E-state index is 12.9. The minimum absolute atomic E-state index is 0.0650. The summed E-state index contributed by atoms with van der Waals surface area (Å²) in [6.45, 7) is 0.940. The lowest BCUT2D eigenvalue weighted by molar-refractivity contribution is -0.137. The number of anilines is 2. The molecule has 224 valence electrons. The van der Waals surface area contributed by atoms with Gasteiger partial charge in [-0.25, -0.2) is 14.6 Å². The molecule has 0 radical (unpaired) electrons. The zero-order chi connectivity index (χ0) is 31.0. The van der Waals surface area contributed by atoms with E-state index >= 15 is 0 Å². The number of carbonyl (C=O) groups is 2. The fraction of sp³-hybridized carbons (Fsp3) is 0.290. The SMILES string of the molecule is N#C/C(=C/C1CC1)C(=O)N1CCC(n2nc(-c3ccc(NC(=O)c4ccc(C(F)(F)F)cc4)cc3)c3c(N)ncnc32)CC1. The molecule has 1 saturated carbocycles. The number of aromatic nitrogens is 4. The van der Waals surface area contributed by atoms with Gasteiger partial charge in [-0.05, 0) is 68.0 Å². The number of carbonyl (C=O) groups excluding carboxylic acids is 2. The molecule has 2 aromatic carbocycles. The topological polar surface area (TPSA) is 143 Å². The number of allylic oxidation sites excluding steroid dienone is 1. The van der Waals surface area contributed by atoms with E-state index in [1.165, 1.54) is 6.33 Å². The molecule has 4 aromatic rings. The summed E-state index contributed by atoms with van der Waals surface area (Å²) in [4.78, 5) is 35.8. The van der Waals surface area contributed by atoms with Crippen LogP contribution in [0.5, 0.6) is 0 Å². The molecule has 0 atom stereocenters. The van der Waals surface area contributed by atoms with Gasteiger partial charge in [-0.3, -0.25) is 9.59 Å². The second-order valence-corrected chi connectivity index (χ2v) is 10.9. The predicted octanol–water partition coefficient (Wildman–Crippen LogP) is 5.37. The number of nitriles is 1. The smallest absolute Gasteiger partial charge is 0.383 e. The zero-order valence-electron chi connectivity index (χ0n) is 23.4. The van der Waals surface area contributed by atoms with Crippen molar-refractivity contribution in [2.45, 2.75) is 37.9 Å². The summed E-state index contributed by atoms with van der Waals surface area (Å²) in [5.74, 6) is -0.198. The summed E-state index contributed by atoms with van der Waals surface area (Å²) in [5, 5.41) is 17.6. The summed E-state index contributed by atoms with van der Waals surface area (Å²) in [7, 11) is 0. The van der Waals surface area contributed by atoms with Crippen LogP contribution >= 0.6 is 0 Å². The standard InChI is InChI=1S/C31H27F3N8O2/c32-31(33,34)22-7-3-20(4-8-22)29(43)39-23-9-5-19(6-10-23)26-25-27(36)37-17-38-28(25)42(40-26)24-11-13-41(14-12-24)30(44)21(16-35)15-18-1-2-18/h3-10,15,17-18,24H,1-2,11-14H2,(H,39,43)(H2,36,37,38)/b21-15-. The third kappa shape index (κ3) is 5.83. The van der Waals surface area contributed by atoms with Crippen LogP contribution < -0.4 is 11.1 Å². The molecule has 44 heavy (non-hydrogen) atoms. The van der Waals surface area contributed by atoms with Gasteiger partial charge in [-0.2, -0.15) is 23.5 Å². The van der Waals surface area contributed by atoms with Crippen molar-refractivity contribution in [3.8, 4) is 17.3 Å². The van der Waals surface area contributed by atoms with Gasteiger partial charge in [0, 0.05) is 29.9 Å². The normalized spacial score (nSPS) is 16.1. The fourth-order valence-corrected chi connectivity index (χ4v) is 5.32. The maximum Gasteiger partial charge on any atom is 0.416 e. The molecule has 10 nitrogen and oxygen atoms in total. The second kappa shape index (κ2) is 11.4. The molecule has 2 fully saturated rings. The second-order valence-electron chi connectivity index (χ2n) is 10.9. The number of amides is 2. The van der Waals surface area contributed by atoms with Gasteiger partial charge in [-0.1, -0.05) is 18.2 Å². The highest BCUT2D eigenvalue weighted by Gasteiger charge is 2.31. The van der Waals surface area contributed by atoms with E-state index in [0.717, 1.165) is 37.1 Å². The number of alkyl halides is 3. The van der Waals surface area contributed by atoms with E-state index in [2.05, 4.69) is 21.4 Å². The van der Waals surface area contributed by atoms with E-state index in [0.29, 0.717) is 59.8 Å². The first-order valence-electron chi connectivity index (χ1n) is 14.1. The minimum atomic E-state index is -4.48. The largest absolute Gasteiger partial charge is 0.416 e. The number of piperidine rings is 1. The van der Waals surface area contributed by atoms with Gasteiger partial charge in [0.25, 0.3) is 11.8 Å². The fourth-order valence-electron chi connectivity index (χ4n) is 5.32. The molecule has 3 heterocycles. The summed E-state index contributed by atoms with van der Waals surface area (Å²) >= 11 is 0. The Hall–Kier alpha value is -5.25. The molecule has 2 aromatic heterocycles. The minimum Gasteiger partial charge on any atom is -0.383 e. The van der Waals surface area contributed by atoms with Gasteiger partial charge >= 0.3 is 6.18 Å².